The summed E-state index contributed by atoms with van der Waals surface area (Å²) in [5.41, 5.74) is 0. The summed E-state index contributed by atoms with van der Waals surface area (Å²) < 4.78 is 20.7. The van der Waals surface area contributed by atoms with Gasteiger partial charge in [-0.3, -0.25) is 0 Å². The van der Waals surface area contributed by atoms with Gasteiger partial charge in [0.15, 0.2) is 0 Å². The minimum atomic E-state index is 0. The number of ether oxygens (including phenoxy) is 4. The van der Waals surface area contributed by atoms with Crippen LogP contribution in [-0.2, 0) is 18.9 Å². The van der Waals surface area contributed by atoms with Gasteiger partial charge in [0.1, 0.15) is 13.2 Å². The highest BCUT2D eigenvalue weighted by Gasteiger charge is 2.02. The zero-order valence-electron chi connectivity index (χ0n) is 30.6. The van der Waals surface area contributed by atoms with Gasteiger partial charge in [0.05, 0.1) is 24.7 Å². The van der Waals surface area contributed by atoms with E-state index < -0.39 is 0 Å². The standard InChI is InChI=1S/C21H42O2.C16H4.C7H14O2.12H2/c1-4-6-7-8-9-10-11-12-13-14-15-16-17-18-19-23-20-21(5-2)22-3;1-3-5-7-9-11-13-15-16-14-12-10-8-6-4-2;1-4-7(8-3)6-9-5-2;;;;;;;;;;;;/h18-19,21H,4-17,20H2,1-3H3;1,4H,2H2;5,7H,2,4,6H2,1,3H3;12*1H/b19-18-;;;;;;;;;;;;;;. The normalized spacial score (nSPS) is 9.83. The van der Waals surface area contributed by atoms with Crippen molar-refractivity contribution in [1.29, 1.82) is 0 Å². The first-order valence-electron chi connectivity index (χ1n) is 17.2. The van der Waals surface area contributed by atoms with Gasteiger partial charge < -0.3 is 18.9 Å². The Hall–Kier alpha value is -4.34. The lowest BCUT2D eigenvalue weighted by Gasteiger charge is -2.11. The second-order valence-electron chi connectivity index (χ2n) is 10.3. The van der Waals surface area contributed by atoms with E-state index in [1.807, 2.05) is 6.26 Å². The Morgan fingerprint density at radius 3 is 1.40 bits per heavy atom. The van der Waals surface area contributed by atoms with Gasteiger partial charge in [-0.25, -0.2) is 0 Å². The molecule has 0 fully saturated rings. The first-order valence-corrected chi connectivity index (χ1v) is 17.2. The van der Waals surface area contributed by atoms with Gasteiger partial charge in [-0.2, -0.15) is 0 Å². The Kier molecular flexibility index (Phi) is 47.1. The van der Waals surface area contributed by atoms with E-state index in [9.17, 15) is 0 Å². The van der Waals surface area contributed by atoms with Crippen molar-refractivity contribution in [3.8, 4) is 83.4 Å². The number of hydrogen-bond donors (Lipinski definition) is 0. The van der Waals surface area contributed by atoms with Crippen LogP contribution in [0.4, 0.5) is 0 Å². The molecule has 4 heteroatoms. The van der Waals surface area contributed by atoms with Crippen LogP contribution >= 0.6 is 0 Å². The second kappa shape index (κ2) is 47.1. The minimum absolute atomic E-state index is 0. The number of hydrogen-bond acceptors (Lipinski definition) is 4. The Balaban J connectivity index is -0.0000000378. The molecule has 0 spiro atoms. The number of unbranched alkanes of at least 4 members (excludes halogenated alkanes) is 12. The van der Waals surface area contributed by atoms with Crippen molar-refractivity contribution in [2.75, 3.05) is 27.4 Å². The van der Waals surface area contributed by atoms with E-state index >= 15 is 0 Å². The van der Waals surface area contributed by atoms with Crippen LogP contribution in [0.3, 0.4) is 0 Å². The molecule has 0 aliphatic carbocycles. The molecule has 0 saturated carbocycles. The highest BCUT2D eigenvalue weighted by molar-refractivity contribution is 5.45. The van der Waals surface area contributed by atoms with Crippen LogP contribution in [0.5, 0.6) is 0 Å². The van der Waals surface area contributed by atoms with Gasteiger partial charge in [0.2, 0.25) is 0 Å². The van der Waals surface area contributed by atoms with E-state index in [1.54, 1.807) is 14.2 Å². The number of terminal acetylenes is 1. The molecule has 2 atom stereocenters. The molecule has 0 radical (unpaired) electrons. The lowest BCUT2D eigenvalue weighted by molar-refractivity contribution is 0.0397. The topological polar surface area (TPSA) is 36.9 Å². The van der Waals surface area contributed by atoms with Crippen molar-refractivity contribution >= 4 is 0 Å². The minimum Gasteiger partial charge on any atom is -0.499 e. The average Bonchev–Trinajstić information content (AvgIpc) is 3.11. The molecule has 2 unspecified atom stereocenters. The maximum atomic E-state index is 5.48. The highest BCUT2D eigenvalue weighted by atomic mass is 16.5. The lowest BCUT2D eigenvalue weighted by atomic mass is 10.0. The number of methoxy groups -OCH3 is 2. The Labute approximate surface area is 314 Å². The van der Waals surface area contributed by atoms with Crippen molar-refractivity contribution in [2.24, 2.45) is 0 Å². The van der Waals surface area contributed by atoms with Crippen molar-refractivity contribution in [1.82, 2.24) is 0 Å². The van der Waals surface area contributed by atoms with Gasteiger partial charge in [-0.05, 0) is 109 Å². The van der Waals surface area contributed by atoms with Gasteiger partial charge in [-0.1, -0.05) is 110 Å². The van der Waals surface area contributed by atoms with Crippen LogP contribution in [0.2, 0.25) is 0 Å². The molecular weight excluding hydrogens is 592 g/mol. The average molecular weight is 677 g/mol. The smallest absolute Gasteiger partial charge is 0.113 e. The Morgan fingerprint density at radius 1 is 0.583 bits per heavy atom. The third kappa shape index (κ3) is 46.1. The summed E-state index contributed by atoms with van der Waals surface area (Å²) in [4.78, 5) is 0. The molecule has 4 nitrogen and oxygen atoms in total. The molecule has 0 bridgehead atoms. The van der Waals surface area contributed by atoms with Crippen LogP contribution in [-0.4, -0.2) is 39.6 Å². The quantitative estimate of drug-likeness (QED) is 0.0613. The van der Waals surface area contributed by atoms with Gasteiger partial charge in [0.25, 0.3) is 0 Å². The number of allylic oxidation sites excluding steroid dienone is 2. The van der Waals surface area contributed by atoms with E-state index in [2.05, 4.69) is 117 Å². The molecule has 0 aromatic heterocycles. The molecule has 0 amide bonds. The van der Waals surface area contributed by atoms with E-state index in [4.69, 9.17) is 25.4 Å². The summed E-state index contributed by atoms with van der Waals surface area (Å²) in [6.45, 7) is 14.6. The zero-order valence-corrected chi connectivity index (χ0v) is 30.6. The fraction of sp³-hybridized carbons (Fsp3) is 0.545. The van der Waals surface area contributed by atoms with E-state index in [-0.39, 0.29) is 29.3 Å². The molecule has 0 N–H and O–H groups in total. The number of rotatable bonds is 23. The van der Waals surface area contributed by atoms with E-state index in [0.29, 0.717) is 13.2 Å². The monoisotopic (exact) mass is 677 g/mol. The third-order valence-electron chi connectivity index (χ3n) is 6.55. The van der Waals surface area contributed by atoms with Crippen LogP contribution in [0, 0.1) is 83.4 Å². The van der Waals surface area contributed by atoms with Crippen LogP contribution in [0.1, 0.15) is 134 Å². The summed E-state index contributed by atoms with van der Waals surface area (Å²) in [5.74, 6) is 31.8. The summed E-state index contributed by atoms with van der Waals surface area (Å²) in [5, 5.41) is 0. The van der Waals surface area contributed by atoms with Gasteiger partial charge in [-0.15, -0.1) is 6.42 Å². The molecule has 0 saturated heterocycles. The summed E-state index contributed by atoms with van der Waals surface area (Å²) in [6.07, 6.45) is 32.2. The third-order valence-corrected chi connectivity index (χ3v) is 6.55. The van der Waals surface area contributed by atoms with E-state index in [0.717, 1.165) is 19.3 Å². The fourth-order valence-electron chi connectivity index (χ4n) is 3.69. The summed E-state index contributed by atoms with van der Waals surface area (Å²) >= 11 is 0. The molecule has 0 aliphatic rings. The predicted octanol–water partition coefficient (Wildman–Crippen LogP) is 12.4. The molecular formula is C44H84O4. The fourth-order valence-corrected chi connectivity index (χ4v) is 3.69. The maximum Gasteiger partial charge on any atom is 0.113 e. The Morgan fingerprint density at radius 2 is 1.00 bits per heavy atom. The molecule has 0 rings (SSSR count). The molecule has 0 heterocycles. The zero-order chi connectivity index (χ0) is 36.0. The van der Waals surface area contributed by atoms with Crippen LogP contribution in [0.15, 0.2) is 37.8 Å². The molecule has 0 aromatic rings. The predicted molar refractivity (Wildman–Crippen MR) is 230 cm³/mol. The van der Waals surface area contributed by atoms with Gasteiger partial charge in [0, 0.05) is 31.3 Å². The van der Waals surface area contributed by atoms with Crippen molar-refractivity contribution in [3.63, 3.8) is 0 Å². The highest BCUT2D eigenvalue weighted by Crippen LogP contribution is 2.12. The van der Waals surface area contributed by atoms with Crippen molar-refractivity contribution < 1.29 is 36.1 Å². The lowest BCUT2D eigenvalue weighted by Crippen LogP contribution is -2.15. The first kappa shape index (κ1) is 48.1. The van der Waals surface area contributed by atoms with Crippen LogP contribution in [0.25, 0.3) is 0 Å². The second-order valence-corrected chi connectivity index (χ2v) is 10.3. The molecule has 48 heavy (non-hydrogen) atoms. The maximum absolute atomic E-state index is 5.48. The molecule has 0 aliphatic heterocycles. The Bertz CT molecular complexity index is 1250. The summed E-state index contributed by atoms with van der Waals surface area (Å²) in [6, 6.07) is 0. The molecule has 284 valence electrons. The van der Waals surface area contributed by atoms with E-state index in [1.165, 1.54) is 89.4 Å². The molecule has 0 aromatic carbocycles. The van der Waals surface area contributed by atoms with Crippen LogP contribution < -0.4 is 0 Å². The van der Waals surface area contributed by atoms with Crippen molar-refractivity contribution in [2.45, 2.75) is 129 Å². The summed E-state index contributed by atoms with van der Waals surface area (Å²) in [7, 11) is 3.42. The van der Waals surface area contributed by atoms with Crippen molar-refractivity contribution in [3.05, 3.63) is 37.8 Å². The first-order chi connectivity index (χ1) is 23.6. The largest absolute Gasteiger partial charge is 0.499 e. The SMILES string of the molecule is C#CC#CC#CC#CC#CC#CC#CC=C.C=COCC(CC)OC.CCCCCCCCCCCCCC/C=C\OCC(CC)OC.[HH].[HH].[HH].[HH].[HH].[HH].[HH].[HH].[HH].[HH].[HH].[HH]. The van der Waals surface area contributed by atoms with Gasteiger partial charge >= 0.3 is 0 Å².